The summed E-state index contributed by atoms with van der Waals surface area (Å²) in [5.41, 5.74) is 1.12. The van der Waals surface area contributed by atoms with Gasteiger partial charge in [-0.3, -0.25) is 0 Å². The van der Waals surface area contributed by atoms with Crippen molar-refractivity contribution in [3.8, 4) is 0 Å². The first-order valence-corrected chi connectivity index (χ1v) is 8.96. The Balaban J connectivity index is 1.72. The van der Waals surface area contributed by atoms with Crippen molar-refractivity contribution in [3.05, 3.63) is 10.6 Å². The molecule has 1 saturated heterocycles. The van der Waals surface area contributed by atoms with Gasteiger partial charge in [0.15, 0.2) is 5.13 Å². The molecule has 2 aliphatic rings. The van der Waals surface area contributed by atoms with Crippen LogP contribution in [0.15, 0.2) is 0 Å². The Kier molecular flexibility index (Phi) is 4.82. The average molecular weight is 309 g/mol. The van der Waals surface area contributed by atoms with E-state index in [1.54, 1.807) is 7.11 Å². The number of methoxy groups -OCH3 is 1. The highest BCUT2D eigenvalue weighted by Gasteiger charge is 2.27. The lowest BCUT2D eigenvalue weighted by Gasteiger charge is -2.36. The van der Waals surface area contributed by atoms with Gasteiger partial charge in [-0.2, -0.15) is 0 Å². The molecule has 2 heterocycles. The Labute approximate surface area is 131 Å². The van der Waals surface area contributed by atoms with Crippen LogP contribution in [0.3, 0.4) is 0 Å². The molecule has 2 atom stereocenters. The zero-order valence-corrected chi connectivity index (χ0v) is 14.2. The number of hydrogen-bond acceptors (Lipinski definition) is 5. The van der Waals surface area contributed by atoms with Crippen molar-refractivity contribution < 1.29 is 4.74 Å². The number of ether oxygens (including phenoxy) is 1. The second-order valence-electron chi connectivity index (χ2n) is 6.63. The summed E-state index contributed by atoms with van der Waals surface area (Å²) in [5.74, 6) is 0.839. The van der Waals surface area contributed by atoms with E-state index in [0.717, 1.165) is 30.7 Å². The van der Waals surface area contributed by atoms with Gasteiger partial charge in [0.25, 0.3) is 0 Å². The molecule has 1 aliphatic carbocycles. The third kappa shape index (κ3) is 3.76. The van der Waals surface area contributed by atoms with Gasteiger partial charge in [0.1, 0.15) is 0 Å². The molecule has 2 unspecified atom stereocenters. The molecule has 1 saturated carbocycles. The van der Waals surface area contributed by atoms with Crippen LogP contribution in [-0.2, 0) is 17.9 Å². The van der Waals surface area contributed by atoms with Gasteiger partial charge in [0.2, 0.25) is 0 Å². The van der Waals surface area contributed by atoms with Crippen LogP contribution < -0.4 is 10.2 Å². The summed E-state index contributed by atoms with van der Waals surface area (Å²) >= 11 is 1.85. The molecule has 118 valence electrons. The van der Waals surface area contributed by atoms with Crippen molar-refractivity contribution in [3.63, 3.8) is 0 Å². The maximum Gasteiger partial charge on any atom is 0.186 e. The highest BCUT2D eigenvalue weighted by atomic mass is 32.1. The SMILES string of the molecule is COCc1nc(N2CCC(C)CC2C)sc1CNC1CC1. The zero-order valence-electron chi connectivity index (χ0n) is 13.4. The summed E-state index contributed by atoms with van der Waals surface area (Å²) in [6.45, 7) is 7.39. The molecule has 1 aliphatic heterocycles. The van der Waals surface area contributed by atoms with Gasteiger partial charge >= 0.3 is 0 Å². The van der Waals surface area contributed by atoms with Gasteiger partial charge in [-0.05, 0) is 38.5 Å². The predicted octanol–water partition coefficient (Wildman–Crippen LogP) is 3.17. The first-order chi connectivity index (χ1) is 10.2. The molecule has 2 fully saturated rings. The second-order valence-corrected chi connectivity index (χ2v) is 7.69. The molecule has 5 heteroatoms. The lowest BCUT2D eigenvalue weighted by molar-refractivity contribution is 0.181. The molecular weight excluding hydrogens is 282 g/mol. The monoisotopic (exact) mass is 309 g/mol. The summed E-state index contributed by atoms with van der Waals surface area (Å²) in [7, 11) is 1.75. The minimum absolute atomic E-state index is 0.597. The number of nitrogens with one attached hydrogen (secondary N) is 1. The van der Waals surface area contributed by atoms with Crippen LogP contribution in [0.2, 0.25) is 0 Å². The number of anilines is 1. The van der Waals surface area contributed by atoms with Crippen molar-refractivity contribution in [1.82, 2.24) is 10.3 Å². The Morgan fingerprint density at radius 3 is 2.81 bits per heavy atom. The lowest BCUT2D eigenvalue weighted by atomic mass is 9.94. The summed E-state index contributed by atoms with van der Waals surface area (Å²) in [4.78, 5) is 8.72. The van der Waals surface area contributed by atoms with Gasteiger partial charge < -0.3 is 15.0 Å². The Morgan fingerprint density at radius 1 is 1.33 bits per heavy atom. The molecule has 0 radical (unpaired) electrons. The first-order valence-electron chi connectivity index (χ1n) is 8.15. The third-order valence-electron chi connectivity index (χ3n) is 4.56. The summed E-state index contributed by atoms with van der Waals surface area (Å²) < 4.78 is 5.33. The van der Waals surface area contributed by atoms with Gasteiger partial charge in [0.05, 0.1) is 12.3 Å². The Hall–Kier alpha value is -0.650. The van der Waals surface area contributed by atoms with Crippen molar-refractivity contribution >= 4 is 16.5 Å². The van der Waals surface area contributed by atoms with Crippen LogP contribution in [0, 0.1) is 5.92 Å². The minimum atomic E-state index is 0.597. The van der Waals surface area contributed by atoms with E-state index in [4.69, 9.17) is 9.72 Å². The van der Waals surface area contributed by atoms with E-state index in [1.165, 1.54) is 35.7 Å². The lowest BCUT2D eigenvalue weighted by Crippen LogP contribution is -2.40. The highest BCUT2D eigenvalue weighted by Crippen LogP contribution is 2.33. The molecule has 1 N–H and O–H groups in total. The number of piperidine rings is 1. The van der Waals surface area contributed by atoms with Gasteiger partial charge in [-0.1, -0.05) is 6.92 Å². The topological polar surface area (TPSA) is 37.4 Å². The van der Waals surface area contributed by atoms with E-state index in [0.29, 0.717) is 12.6 Å². The summed E-state index contributed by atoms with van der Waals surface area (Å²) in [5, 5.41) is 4.79. The van der Waals surface area contributed by atoms with Gasteiger partial charge in [0, 0.05) is 37.2 Å². The molecule has 21 heavy (non-hydrogen) atoms. The molecule has 4 nitrogen and oxygen atoms in total. The van der Waals surface area contributed by atoms with Gasteiger partial charge in [-0.25, -0.2) is 4.98 Å². The molecular formula is C16H27N3OS. The average Bonchev–Trinajstić information content (AvgIpc) is 3.19. The molecule has 0 bridgehead atoms. The largest absolute Gasteiger partial charge is 0.378 e. The van der Waals surface area contributed by atoms with Crippen LogP contribution in [0.5, 0.6) is 0 Å². The number of aromatic nitrogens is 1. The van der Waals surface area contributed by atoms with Crippen molar-refractivity contribution in [2.45, 2.75) is 64.8 Å². The van der Waals surface area contributed by atoms with E-state index in [-0.39, 0.29) is 0 Å². The fraction of sp³-hybridized carbons (Fsp3) is 0.812. The van der Waals surface area contributed by atoms with E-state index in [1.807, 2.05) is 11.3 Å². The fourth-order valence-electron chi connectivity index (χ4n) is 3.10. The maximum absolute atomic E-state index is 5.33. The molecule has 0 amide bonds. The van der Waals surface area contributed by atoms with Crippen LogP contribution in [0.4, 0.5) is 5.13 Å². The Morgan fingerprint density at radius 2 is 2.14 bits per heavy atom. The number of rotatable bonds is 6. The molecule has 1 aromatic rings. The van der Waals surface area contributed by atoms with Crippen LogP contribution in [0.1, 0.15) is 50.1 Å². The maximum atomic E-state index is 5.33. The first kappa shape index (κ1) is 15.3. The highest BCUT2D eigenvalue weighted by molar-refractivity contribution is 7.15. The predicted molar refractivity (Wildman–Crippen MR) is 87.9 cm³/mol. The number of thiazole rings is 1. The third-order valence-corrected chi connectivity index (χ3v) is 5.70. The smallest absolute Gasteiger partial charge is 0.186 e. The molecule has 1 aromatic heterocycles. The van der Waals surface area contributed by atoms with Crippen LogP contribution in [-0.4, -0.2) is 30.7 Å². The summed E-state index contributed by atoms with van der Waals surface area (Å²) in [6, 6.07) is 1.33. The van der Waals surface area contributed by atoms with Crippen molar-refractivity contribution in [2.75, 3.05) is 18.6 Å². The Bertz CT molecular complexity index is 472. The van der Waals surface area contributed by atoms with E-state index >= 15 is 0 Å². The van der Waals surface area contributed by atoms with E-state index in [2.05, 4.69) is 24.1 Å². The standard InChI is InChI=1S/C16H27N3OS/c1-11-6-7-19(12(2)8-11)16-18-14(10-20-3)15(21-16)9-17-13-4-5-13/h11-13,17H,4-10H2,1-3H3. The number of nitrogens with zero attached hydrogens (tertiary/aromatic N) is 2. The summed E-state index contributed by atoms with van der Waals surface area (Å²) in [6.07, 6.45) is 5.20. The van der Waals surface area contributed by atoms with E-state index in [9.17, 15) is 0 Å². The van der Waals surface area contributed by atoms with Crippen molar-refractivity contribution in [2.24, 2.45) is 5.92 Å². The van der Waals surface area contributed by atoms with Crippen molar-refractivity contribution in [1.29, 1.82) is 0 Å². The molecule has 0 aromatic carbocycles. The van der Waals surface area contributed by atoms with Gasteiger partial charge in [-0.15, -0.1) is 11.3 Å². The molecule has 3 rings (SSSR count). The van der Waals surface area contributed by atoms with Crippen LogP contribution in [0.25, 0.3) is 0 Å². The van der Waals surface area contributed by atoms with E-state index < -0.39 is 0 Å². The quantitative estimate of drug-likeness (QED) is 0.876. The second kappa shape index (κ2) is 6.63. The minimum Gasteiger partial charge on any atom is -0.378 e. The normalized spacial score (nSPS) is 26.3. The molecule has 0 spiro atoms. The number of hydrogen-bond donors (Lipinski definition) is 1. The van der Waals surface area contributed by atoms with Crippen LogP contribution >= 0.6 is 11.3 Å². The fourth-order valence-corrected chi connectivity index (χ4v) is 4.24. The zero-order chi connectivity index (χ0) is 14.8.